The number of carbonyl (C=O) groups is 3. The highest BCUT2D eigenvalue weighted by atomic mass is 16.5. The molecule has 0 aromatic heterocycles. The first-order valence-corrected chi connectivity index (χ1v) is 10.3. The Balaban J connectivity index is 1.84. The highest BCUT2D eigenvalue weighted by Crippen LogP contribution is 2.42. The van der Waals surface area contributed by atoms with E-state index in [0.29, 0.717) is 12.0 Å². The van der Waals surface area contributed by atoms with E-state index in [2.05, 4.69) is 0 Å². The van der Waals surface area contributed by atoms with Crippen LogP contribution in [0.3, 0.4) is 0 Å². The maximum atomic E-state index is 13.3. The first kappa shape index (κ1) is 19.8. The van der Waals surface area contributed by atoms with Crippen LogP contribution in [0.1, 0.15) is 81.1 Å². The molecule has 27 heavy (non-hydrogen) atoms. The lowest BCUT2D eigenvalue weighted by atomic mass is 9.63. The fourth-order valence-corrected chi connectivity index (χ4v) is 4.82. The third kappa shape index (κ3) is 3.85. The van der Waals surface area contributed by atoms with Crippen molar-refractivity contribution in [3.05, 3.63) is 35.4 Å². The van der Waals surface area contributed by atoms with Gasteiger partial charge in [-0.05, 0) is 31.7 Å². The van der Waals surface area contributed by atoms with Gasteiger partial charge in [-0.1, -0.05) is 69.2 Å². The molecule has 146 valence electrons. The van der Waals surface area contributed by atoms with Crippen molar-refractivity contribution < 1.29 is 19.1 Å². The second-order valence-electron chi connectivity index (χ2n) is 8.19. The molecule has 0 radical (unpaired) electrons. The molecule has 0 heterocycles. The molecule has 1 aromatic carbocycles. The van der Waals surface area contributed by atoms with Crippen molar-refractivity contribution in [2.45, 2.75) is 70.6 Å². The number of benzene rings is 1. The average Bonchev–Trinajstić information content (AvgIpc) is 2.68. The first-order chi connectivity index (χ1) is 13.0. The van der Waals surface area contributed by atoms with Crippen molar-refractivity contribution in [1.82, 2.24) is 0 Å². The van der Waals surface area contributed by atoms with Crippen LogP contribution in [-0.4, -0.2) is 24.1 Å². The Morgan fingerprint density at radius 1 is 1.15 bits per heavy atom. The van der Waals surface area contributed by atoms with Gasteiger partial charge in [0.15, 0.2) is 17.5 Å². The largest absolute Gasteiger partial charge is 0.465 e. The molecule has 4 heteroatoms. The van der Waals surface area contributed by atoms with Crippen LogP contribution in [-0.2, 0) is 19.7 Å². The zero-order chi connectivity index (χ0) is 19.4. The Labute approximate surface area is 161 Å². The second-order valence-corrected chi connectivity index (χ2v) is 8.19. The number of rotatable bonds is 6. The van der Waals surface area contributed by atoms with E-state index < -0.39 is 23.1 Å². The molecular formula is C23H30O4. The molecule has 0 spiro atoms. The van der Waals surface area contributed by atoms with Gasteiger partial charge in [0.1, 0.15) is 0 Å². The lowest BCUT2D eigenvalue weighted by molar-refractivity contribution is -0.151. The minimum absolute atomic E-state index is 0.163. The summed E-state index contributed by atoms with van der Waals surface area (Å²) < 4.78 is 5.05. The molecule has 2 aliphatic rings. The lowest BCUT2D eigenvalue weighted by Gasteiger charge is -2.37. The quantitative estimate of drug-likeness (QED) is 0.541. The average molecular weight is 370 g/mol. The van der Waals surface area contributed by atoms with Gasteiger partial charge in [-0.25, -0.2) is 0 Å². The Hall–Kier alpha value is -1.97. The van der Waals surface area contributed by atoms with E-state index in [0.717, 1.165) is 24.3 Å². The number of carbonyl (C=O) groups excluding carboxylic acids is 3. The molecule has 0 N–H and O–H groups in total. The first-order valence-electron chi connectivity index (χ1n) is 10.3. The van der Waals surface area contributed by atoms with Crippen LogP contribution >= 0.6 is 0 Å². The van der Waals surface area contributed by atoms with E-state index in [1.807, 2.05) is 19.1 Å². The van der Waals surface area contributed by atoms with Gasteiger partial charge in [0, 0.05) is 5.56 Å². The van der Waals surface area contributed by atoms with E-state index in [1.165, 1.54) is 32.1 Å². The number of ether oxygens (including phenoxy) is 1. The van der Waals surface area contributed by atoms with Crippen molar-refractivity contribution in [1.29, 1.82) is 0 Å². The number of Topliss-reactive ketones (excluding diaryl/α,β-unsaturated/α-hetero) is 2. The normalized spacial score (nSPS) is 25.9. The lowest BCUT2D eigenvalue weighted by Crippen LogP contribution is -2.49. The molecule has 1 fully saturated rings. The van der Waals surface area contributed by atoms with Crippen LogP contribution in [0.2, 0.25) is 0 Å². The molecule has 2 unspecified atom stereocenters. The molecule has 1 aromatic rings. The van der Waals surface area contributed by atoms with E-state index in [-0.39, 0.29) is 12.4 Å². The molecule has 2 aliphatic carbocycles. The van der Waals surface area contributed by atoms with Gasteiger partial charge in [-0.2, -0.15) is 0 Å². The van der Waals surface area contributed by atoms with Crippen LogP contribution in [0.5, 0.6) is 0 Å². The molecule has 1 saturated carbocycles. The minimum atomic E-state index is -1.32. The van der Waals surface area contributed by atoms with Crippen LogP contribution in [0, 0.1) is 11.8 Å². The van der Waals surface area contributed by atoms with Crippen LogP contribution < -0.4 is 0 Å². The van der Waals surface area contributed by atoms with Gasteiger partial charge in [-0.15, -0.1) is 0 Å². The third-order valence-corrected chi connectivity index (χ3v) is 6.39. The molecule has 0 aliphatic heterocycles. The van der Waals surface area contributed by atoms with Gasteiger partial charge < -0.3 is 4.74 Å². The predicted molar refractivity (Wildman–Crippen MR) is 104 cm³/mol. The summed E-state index contributed by atoms with van der Waals surface area (Å²) in [6.45, 7) is 3.75. The predicted octanol–water partition coefficient (Wildman–Crippen LogP) is 4.64. The summed E-state index contributed by atoms with van der Waals surface area (Å²) in [5, 5.41) is 0. The van der Waals surface area contributed by atoms with Gasteiger partial charge >= 0.3 is 5.97 Å². The highest BCUT2D eigenvalue weighted by molar-refractivity contribution is 6.28. The summed E-state index contributed by atoms with van der Waals surface area (Å²) in [5.74, 6) is -1.99. The SMILES string of the molecule is CCOC(=O)C1C(=O)c2ccccc2C(C)(CCCC2CCCCC2)C1=O. The van der Waals surface area contributed by atoms with Gasteiger partial charge in [0.25, 0.3) is 0 Å². The molecule has 0 saturated heterocycles. The molecule has 2 atom stereocenters. The summed E-state index contributed by atoms with van der Waals surface area (Å²) in [6, 6.07) is 7.25. The fraction of sp³-hybridized carbons (Fsp3) is 0.609. The maximum Gasteiger partial charge on any atom is 0.324 e. The number of hydrogen-bond acceptors (Lipinski definition) is 4. The Morgan fingerprint density at radius 2 is 1.85 bits per heavy atom. The third-order valence-electron chi connectivity index (χ3n) is 6.39. The van der Waals surface area contributed by atoms with E-state index in [9.17, 15) is 14.4 Å². The topological polar surface area (TPSA) is 60.4 Å². The van der Waals surface area contributed by atoms with Crippen LogP contribution in [0.25, 0.3) is 0 Å². The summed E-state index contributed by atoms with van der Waals surface area (Å²) in [7, 11) is 0. The number of hydrogen-bond donors (Lipinski definition) is 0. The summed E-state index contributed by atoms with van der Waals surface area (Å²) in [4.78, 5) is 38.5. The maximum absolute atomic E-state index is 13.3. The van der Waals surface area contributed by atoms with Crippen molar-refractivity contribution in [3.8, 4) is 0 Å². The van der Waals surface area contributed by atoms with E-state index >= 15 is 0 Å². The molecule has 0 amide bonds. The zero-order valence-corrected chi connectivity index (χ0v) is 16.5. The van der Waals surface area contributed by atoms with Gasteiger partial charge in [0.05, 0.1) is 12.0 Å². The van der Waals surface area contributed by atoms with Crippen molar-refractivity contribution in [3.63, 3.8) is 0 Å². The summed E-state index contributed by atoms with van der Waals surface area (Å²) >= 11 is 0. The Kier molecular flexibility index (Phi) is 6.13. The number of esters is 1. The van der Waals surface area contributed by atoms with Gasteiger partial charge in [0.2, 0.25) is 0 Å². The standard InChI is InChI=1S/C23H30O4/c1-3-27-22(26)19-20(24)17-13-7-8-14-18(17)23(2,21(19)25)15-9-12-16-10-5-4-6-11-16/h7-8,13-14,16,19H,3-6,9-12,15H2,1-2H3. The molecule has 0 bridgehead atoms. The second kappa shape index (κ2) is 8.37. The fourth-order valence-electron chi connectivity index (χ4n) is 4.82. The number of fused-ring (bicyclic) bond motifs is 1. The highest BCUT2D eigenvalue weighted by Gasteiger charge is 2.51. The zero-order valence-electron chi connectivity index (χ0n) is 16.5. The Morgan fingerprint density at radius 3 is 2.56 bits per heavy atom. The van der Waals surface area contributed by atoms with Gasteiger partial charge in [-0.3, -0.25) is 14.4 Å². The summed E-state index contributed by atoms with van der Waals surface area (Å²) in [6.07, 6.45) is 9.24. The van der Waals surface area contributed by atoms with E-state index in [4.69, 9.17) is 4.74 Å². The minimum Gasteiger partial charge on any atom is -0.465 e. The summed E-state index contributed by atoms with van der Waals surface area (Å²) in [5.41, 5.74) is 0.455. The monoisotopic (exact) mass is 370 g/mol. The van der Waals surface area contributed by atoms with Crippen LogP contribution in [0.15, 0.2) is 24.3 Å². The smallest absolute Gasteiger partial charge is 0.324 e. The Bertz CT molecular complexity index is 717. The molecular weight excluding hydrogens is 340 g/mol. The van der Waals surface area contributed by atoms with Crippen molar-refractivity contribution in [2.75, 3.05) is 6.61 Å². The van der Waals surface area contributed by atoms with E-state index in [1.54, 1.807) is 19.1 Å². The number of ketones is 2. The van der Waals surface area contributed by atoms with Crippen LogP contribution in [0.4, 0.5) is 0 Å². The molecule has 3 rings (SSSR count). The molecule has 4 nitrogen and oxygen atoms in total. The van der Waals surface area contributed by atoms with Crippen molar-refractivity contribution in [2.24, 2.45) is 11.8 Å². The van der Waals surface area contributed by atoms with Crippen molar-refractivity contribution >= 4 is 17.5 Å².